The molecule has 2 aliphatic carbocycles. The smallest absolute Gasteiger partial charge is 0.118 e. The highest BCUT2D eigenvalue weighted by Gasteiger charge is 2.38. The lowest BCUT2D eigenvalue weighted by molar-refractivity contribution is 0.260. The Morgan fingerprint density at radius 2 is 2.18 bits per heavy atom. The molecule has 0 N–H and O–H groups in total. The second-order valence-electron chi connectivity index (χ2n) is 5.36. The van der Waals surface area contributed by atoms with Crippen LogP contribution in [0.5, 0.6) is 0 Å². The molecule has 2 aliphatic rings. The lowest BCUT2D eigenvalue weighted by Gasteiger charge is -2.39. The molecule has 3 rings (SSSR count). The molecule has 2 heteroatoms. The van der Waals surface area contributed by atoms with Gasteiger partial charge in [0.05, 0.1) is 0 Å². The van der Waals surface area contributed by atoms with Crippen LogP contribution in [0.3, 0.4) is 0 Å². The summed E-state index contributed by atoms with van der Waals surface area (Å²) in [4.78, 5) is 11.1. The Hall–Kier alpha value is -1.44. The summed E-state index contributed by atoms with van der Waals surface area (Å²) in [7, 11) is 0. The van der Waals surface area contributed by atoms with Crippen molar-refractivity contribution in [3.63, 3.8) is 0 Å². The minimum absolute atomic E-state index is 0.150. The van der Waals surface area contributed by atoms with E-state index in [0.717, 1.165) is 18.4 Å². The Kier molecular flexibility index (Phi) is 2.58. The Bertz CT molecular complexity index is 466. The predicted molar refractivity (Wildman–Crippen MR) is 68.7 cm³/mol. The van der Waals surface area contributed by atoms with Crippen molar-refractivity contribution in [2.75, 3.05) is 0 Å². The highest BCUT2D eigenvalue weighted by Crippen LogP contribution is 2.48. The minimum atomic E-state index is -0.150. The fraction of sp³-hybridized carbons (Fsp3) is 0.467. The quantitative estimate of drug-likeness (QED) is 0.523. The molecule has 88 valence electrons. The first kappa shape index (κ1) is 10.7. The third-order valence-electron chi connectivity index (χ3n) is 4.20. The molecule has 1 spiro atoms. The van der Waals surface area contributed by atoms with Crippen molar-refractivity contribution in [2.24, 2.45) is 10.6 Å². The molecule has 2 atom stereocenters. The second-order valence-corrected chi connectivity index (χ2v) is 5.36. The van der Waals surface area contributed by atoms with E-state index in [0.29, 0.717) is 0 Å². The van der Waals surface area contributed by atoms with E-state index in [4.69, 9.17) is 0 Å². The number of rotatable bonds is 1. The molecule has 0 aromatic heterocycles. The molecule has 1 aromatic rings. The number of nitroso groups, excluding NO2 is 1. The number of allylic oxidation sites excluding steroid dienone is 2. The van der Waals surface area contributed by atoms with Gasteiger partial charge in [-0.3, -0.25) is 0 Å². The number of benzene rings is 1. The average molecular weight is 227 g/mol. The van der Waals surface area contributed by atoms with Crippen molar-refractivity contribution in [1.29, 1.82) is 0 Å². The molecule has 0 bridgehead atoms. The summed E-state index contributed by atoms with van der Waals surface area (Å²) in [5.41, 5.74) is 2.66. The van der Waals surface area contributed by atoms with Crippen LogP contribution in [-0.4, -0.2) is 0 Å². The van der Waals surface area contributed by atoms with E-state index in [1.165, 1.54) is 24.8 Å². The number of nitrogens with zero attached hydrogens (tertiary/aromatic N) is 1. The third-order valence-corrected chi connectivity index (χ3v) is 4.20. The van der Waals surface area contributed by atoms with Crippen LogP contribution in [0, 0.1) is 10.3 Å². The molecule has 0 heterocycles. The van der Waals surface area contributed by atoms with Crippen LogP contribution in [0.4, 0.5) is 0 Å². The van der Waals surface area contributed by atoms with Gasteiger partial charge in [0.1, 0.15) is 6.04 Å². The van der Waals surface area contributed by atoms with Crippen molar-refractivity contribution in [3.05, 3.63) is 52.5 Å². The van der Waals surface area contributed by atoms with Gasteiger partial charge in [-0.05, 0) is 48.6 Å². The standard InChI is InChI=1S/C15H17NO/c17-16-14-11-15(8-4-1-5-9-15)10-12-6-2-3-7-13(12)14/h2-4,6-8,14H,1,5,9-11H2. The van der Waals surface area contributed by atoms with Gasteiger partial charge in [-0.15, -0.1) is 0 Å². The Balaban J connectivity index is 2.03. The van der Waals surface area contributed by atoms with E-state index < -0.39 is 0 Å². The van der Waals surface area contributed by atoms with Crippen LogP contribution in [0.2, 0.25) is 0 Å². The number of hydrogen-bond donors (Lipinski definition) is 0. The highest BCUT2D eigenvalue weighted by atomic mass is 16.3. The first-order valence-electron chi connectivity index (χ1n) is 6.41. The Morgan fingerprint density at radius 1 is 1.29 bits per heavy atom. The number of hydrogen-bond acceptors (Lipinski definition) is 2. The summed E-state index contributed by atoms with van der Waals surface area (Å²) < 4.78 is 0. The van der Waals surface area contributed by atoms with E-state index in [9.17, 15) is 4.91 Å². The van der Waals surface area contributed by atoms with Crippen molar-refractivity contribution in [2.45, 2.75) is 38.1 Å². The largest absolute Gasteiger partial charge is 0.150 e. The maximum absolute atomic E-state index is 11.1. The SMILES string of the molecule is O=NC1CC2(C=CCCC2)Cc2ccccc21. The monoisotopic (exact) mass is 227 g/mol. The van der Waals surface area contributed by atoms with E-state index in [-0.39, 0.29) is 11.5 Å². The lowest BCUT2D eigenvalue weighted by atomic mass is 9.65. The van der Waals surface area contributed by atoms with Gasteiger partial charge in [0, 0.05) is 0 Å². The normalized spacial score (nSPS) is 31.2. The molecule has 0 saturated heterocycles. The van der Waals surface area contributed by atoms with Gasteiger partial charge in [-0.25, -0.2) is 0 Å². The van der Waals surface area contributed by atoms with E-state index >= 15 is 0 Å². The summed E-state index contributed by atoms with van der Waals surface area (Å²) in [6.07, 6.45) is 10.2. The summed E-state index contributed by atoms with van der Waals surface area (Å²) >= 11 is 0. The van der Waals surface area contributed by atoms with Gasteiger partial charge >= 0.3 is 0 Å². The van der Waals surface area contributed by atoms with Crippen molar-refractivity contribution < 1.29 is 0 Å². The molecule has 0 fully saturated rings. The Labute approximate surface area is 102 Å². The molecule has 2 nitrogen and oxygen atoms in total. The highest BCUT2D eigenvalue weighted by molar-refractivity contribution is 5.35. The van der Waals surface area contributed by atoms with E-state index in [1.54, 1.807) is 0 Å². The van der Waals surface area contributed by atoms with E-state index in [2.05, 4.69) is 35.5 Å². The maximum atomic E-state index is 11.1. The fourth-order valence-electron chi connectivity index (χ4n) is 3.37. The zero-order valence-electron chi connectivity index (χ0n) is 9.93. The first-order chi connectivity index (χ1) is 8.33. The third kappa shape index (κ3) is 1.82. The summed E-state index contributed by atoms with van der Waals surface area (Å²) in [6, 6.07) is 8.12. The molecule has 0 radical (unpaired) electrons. The molecule has 17 heavy (non-hydrogen) atoms. The molecule has 0 amide bonds. The summed E-state index contributed by atoms with van der Waals surface area (Å²) in [5.74, 6) is 0. The van der Waals surface area contributed by atoms with Gasteiger partial charge < -0.3 is 0 Å². The molecule has 2 unspecified atom stereocenters. The van der Waals surface area contributed by atoms with E-state index in [1.807, 2.05) is 6.07 Å². The van der Waals surface area contributed by atoms with Gasteiger partial charge in [0.15, 0.2) is 0 Å². The van der Waals surface area contributed by atoms with Gasteiger partial charge in [0.25, 0.3) is 0 Å². The fourth-order valence-corrected chi connectivity index (χ4v) is 3.37. The lowest BCUT2D eigenvalue weighted by Crippen LogP contribution is -2.30. The molecular weight excluding hydrogens is 210 g/mol. The van der Waals surface area contributed by atoms with Crippen LogP contribution < -0.4 is 0 Å². The van der Waals surface area contributed by atoms with Gasteiger partial charge in [-0.1, -0.05) is 41.6 Å². The average Bonchev–Trinajstić information content (AvgIpc) is 2.38. The Morgan fingerprint density at radius 3 is 2.94 bits per heavy atom. The topological polar surface area (TPSA) is 29.4 Å². The van der Waals surface area contributed by atoms with Crippen molar-refractivity contribution in [1.82, 2.24) is 0 Å². The molecule has 0 aliphatic heterocycles. The summed E-state index contributed by atoms with van der Waals surface area (Å²) in [5, 5.41) is 3.35. The first-order valence-corrected chi connectivity index (χ1v) is 6.41. The van der Waals surface area contributed by atoms with Crippen molar-refractivity contribution in [3.8, 4) is 0 Å². The van der Waals surface area contributed by atoms with Crippen LogP contribution in [0.15, 0.2) is 41.6 Å². The predicted octanol–water partition coefficient (Wildman–Crippen LogP) is 4.17. The van der Waals surface area contributed by atoms with Crippen LogP contribution in [-0.2, 0) is 6.42 Å². The zero-order chi connectivity index (χ0) is 11.7. The molecule has 1 aromatic carbocycles. The molecular formula is C15H17NO. The van der Waals surface area contributed by atoms with Crippen LogP contribution in [0.25, 0.3) is 0 Å². The minimum Gasteiger partial charge on any atom is -0.150 e. The second kappa shape index (κ2) is 4.10. The maximum Gasteiger partial charge on any atom is 0.118 e. The van der Waals surface area contributed by atoms with Gasteiger partial charge in [-0.2, -0.15) is 4.91 Å². The van der Waals surface area contributed by atoms with Crippen LogP contribution in [0.1, 0.15) is 42.9 Å². The molecule has 0 saturated carbocycles. The number of fused-ring (bicyclic) bond motifs is 1. The summed E-state index contributed by atoms with van der Waals surface area (Å²) in [6.45, 7) is 0. The van der Waals surface area contributed by atoms with Gasteiger partial charge in [0.2, 0.25) is 0 Å². The van der Waals surface area contributed by atoms with Crippen molar-refractivity contribution >= 4 is 0 Å². The van der Waals surface area contributed by atoms with Crippen LogP contribution >= 0.6 is 0 Å². The zero-order valence-corrected chi connectivity index (χ0v) is 9.93.